The third kappa shape index (κ3) is 1.91. The Labute approximate surface area is 92.1 Å². The van der Waals surface area contributed by atoms with E-state index in [9.17, 15) is 4.79 Å². The van der Waals surface area contributed by atoms with Crippen LogP contribution in [0.4, 0.5) is 0 Å². The Kier molecular flexibility index (Phi) is 2.64. The first-order valence-electron chi connectivity index (χ1n) is 4.67. The lowest BCUT2D eigenvalue weighted by molar-refractivity contribution is -0.144. The number of fused-ring (bicyclic) bond motifs is 1. The molecule has 0 saturated carbocycles. The van der Waals surface area contributed by atoms with Gasteiger partial charge in [-0.25, -0.2) is 0 Å². The summed E-state index contributed by atoms with van der Waals surface area (Å²) >= 11 is 0. The van der Waals surface area contributed by atoms with Crippen molar-refractivity contribution >= 4 is 5.97 Å². The van der Waals surface area contributed by atoms with Crippen LogP contribution in [-0.4, -0.2) is 12.8 Å². The molecule has 1 aromatic rings. The number of benzene rings is 1. The van der Waals surface area contributed by atoms with Gasteiger partial charge in [-0.3, -0.25) is 4.79 Å². The lowest BCUT2D eigenvalue weighted by Crippen LogP contribution is -2.06. The van der Waals surface area contributed by atoms with Crippen LogP contribution in [0.5, 0.6) is 11.5 Å². The largest absolute Gasteiger partial charge is 0.454 e. The molecule has 0 radical (unpaired) electrons. The fourth-order valence-electron chi connectivity index (χ4n) is 1.41. The van der Waals surface area contributed by atoms with Gasteiger partial charge in [-0.2, -0.15) is 5.26 Å². The summed E-state index contributed by atoms with van der Waals surface area (Å²) in [5.41, 5.74) is 0.571. The number of hydrogen-bond donors (Lipinski definition) is 0. The monoisotopic (exact) mass is 219 g/mol. The molecule has 2 rings (SSSR count). The summed E-state index contributed by atoms with van der Waals surface area (Å²) in [5.74, 6) is 0.692. The Bertz CT molecular complexity index is 464. The second kappa shape index (κ2) is 4.11. The van der Waals surface area contributed by atoms with Crippen LogP contribution in [0.1, 0.15) is 18.6 Å². The molecule has 1 heterocycles. The average molecular weight is 219 g/mol. The highest BCUT2D eigenvalue weighted by atomic mass is 16.7. The molecule has 0 fully saturated rings. The minimum Gasteiger partial charge on any atom is -0.454 e. The Balaban J connectivity index is 2.26. The molecule has 0 aliphatic carbocycles. The van der Waals surface area contributed by atoms with Gasteiger partial charge in [0.1, 0.15) is 6.07 Å². The second-order valence-electron chi connectivity index (χ2n) is 3.23. The Morgan fingerprint density at radius 3 is 2.94 bits per heavy atom. The van der Waals surface area contributed by atoms with E-state index in [4.69, 9.17) is 19.5 Å². The predicted molar refractivity (Wildman–Crippen MR) is 52.7 cm³/mol. The minimum atomic E-state index is -0.910. The van der Waals surface area contributed by atoms with Crippen molar-refractivity contribution in [3.05, 3.63) is 23.8 Å². The van der Waals surface area contributed by atoms with Gasteiger partial charge >= 0.3 is 5.97 Å². The van der Waals surface area contributed by atoms with Gasteiger partial charge in [0.15, 0.2) is 11.5 Å². The number of carbonyl (C=O) groups is 1. The summed E-state index contributed by atoms with van der Waals surface area (Å²) in [4.78, 5) is 10.8. The molecule has 0 spiro atoms. The number of esters is 1. The Hall–Kier alpha value is -2.22. The molecular formula is C11H9NO4. The zero-order valence-corrected chi connectivity index (χ0v) is 8.60. The highest BCUT2D eigenvalue weighted by Crippen LogP contribution is 2.34. The molecule has 0 N–H and O–H groups in total. The van der Waals surface area contributed by atoms with Crippen molar-refractivity contribution < 1.29 is 19.0 Å². The normalized spacial score (nSPS) is 14.0. The SMILES string of the molecule is CC(=O)O[C@@H](C#N)c1ccc2c(c1)OCO2. The van der Waals surface area contributed by atoms with Crippen LogP contribution in [0.2, 0.25) is 0 Å². The van der Waals surface area contributed by atoms with E-state index < -0.39 is 12.1 Å². The van der Waals surface area contributed by atoms with E-state index >= 15 is 0 Å². The summed E-state index contributed by atoms with van der Waals surface area (Å²) < 4.78 is 15.2. The fourth-order valence-corrected chi connectivity index (χ4v) is 1.41. The molecule has 16 heavy (non-hydrogen) atoms. The van der Waals surface area contributed by atoms with Crippen LogP contribution in [0, 0.1) is 11.3 Å². The lowest BCUT2D eigenvalue weighted by Gasteiger charge is -2.09. The van der Waals surface area contributed by atoms with Gasteiger partial charge in [0.05, 0.1) is 0 Å². The number of nitrogens with zero attached hydrogens (tertiary/aromatic N) is 1. The van der Waals surface area contributed by atoms with Crippen LogP contribution in [0.15, 0.2) is 18.2 Å². The van der Waals surface area contributed by atoms with Gasteiger partial charge in [-0.05, 0) is 12.1 Å². The molecule has 0 unspecified atom stereocenters. The standard InChI is InChI=1S/C11H9NO4/c1-7(13)16-11(5-12)8-2-3-9-10(4-8)15-6-14-9/h2-4,11H,6H2,1H3/t11-/m0/s1. The highest BCUT2D eigenvalue weighted by molar-refractivity contribution is 5.66. The van der Waals surface area contributed by atoms with Gasteiger partial charge in [0.2, 0.25) is 12.9 Å². The van der Waals surface area contributed by atoms with Crippen molar-refractivity contribution in [2.24, 2.45) is 0 Å². The molecule has 0 saturated heterocycles. The smallest absolute Gasteiger partial charge is 0.304 e. The molecule has 1 aliphatic heterocycles. The maximum Gasteiger partial charge on any atom is 0.304 e. The fraction of sp³-hybridized carbons (Fsp3) is 0.273. The zero-order chi connectivity index (χ0) is 11.5. The van der Waals surface area contributed by atoms with Crippen LogP contribution in [-0.2, 0) is 9.53 Å². The predicted octanol–water partition coefficient (Wildman–Crippen LogP) is 1.54. The van der Waals surface area contributed by atoms with Crippen LogP contribution in [0.25, 0.3) is 0 Å². The van der Waals surface area contributed by atoms with Gasteiger partial charge in [-0.1, -0.05) is 6.07 Å². The van der Waals surface area contributed by atoms with Crippen molar-refractivity contribution in [2.75, 3.05) is 6.79 Å². The van der Waals surface area contributed by atoms with Gasteiger partial charge in [0, 0.05) is 12.5 Å². The molecule has 0 amide bonds. The van der Waals surface area contributed by atoms with Crippen LogP contribution >= 0.6 is 0 Å². The van der Waals surface area contributed by atoms with Crippen LogP contribution in [0.3, 0.4) is 0 Å². The third-order valence-corrected chi connectivity index (χ3v) is 2.10. The number of ether oxygens (including phenoxy) is 3. The van der Waals surface area contributed by atoms with E-state index in [1.165, 1.54) is 6.92 Å². The van der Waals surface area contributed by atoms with E-state index in [2.05, 4.69) is 0 Å². The summed E-state index contributed by atoms with van der Waals surface area (Å²) in [7, 11) is 0. The Morgan fingerprint density at radius 2 is 2.25 bits per heavy atom. The molecule has 1 aliphatic rings. The lowest BCUT2D eigenvalue weighted by atomic mass is 10.1. The van der Waals surface area contributed by atoms with Gasteiger partial charge < -0.3 is 14.2 Å². The maximum atomic E-state index is 10.8. The van der Waals surface area contributed by atoms with Crippen molar-refractivity contribution in [2.45, 2.75) is 13.0 Å². The molecule has 5 nitrogen and oxygen atoms in total. The summed E-state index contributed by atoms with van der Waals surface area (Å²) in [6.07, 6.45) is -0.910. The van der Waals surface area contributed by atoms with E-state index in [0.717, 1.165) is 0 Å². The van der Waals surface area contributed by atoms with Crippen LogP contribution < -0.4 is 9.47 Å². The first-order valence-corrected chi connectivity index (χ1v) is 4.67. The first kappa shape index (κ1) is 10.3. The maximum absolute atomic E-state index is 10.8. The number of nitriles is 1. The number of carbonyl (C=O) groups excluding carboxylic acids is 1. The quantitative estimate of drug-likeness (QED) is 0.706. The minimum absolute atomic E-state index is 0.170. The molecule has 82 valence electrons. The topological polar surface area (TPSA) is 68.6 Å². The first-order chi connectivity index (χ1) is 7.70. The van der Waals surface area contributed by atoms with Crippen molar-refractivity contribution in [3.8, 4) is 17.6 Å². The molecule has 1 aromatic carbocycles. The molecule has 1 atom stereocenters. The third-order valence-electron chi connectivity index (χ3n) is 2.10. The van der Waals surface area contributed by atoms with Gasteiger partial charge in [-0.15, -0.1) is 0 Å². The number of rotatable bonds is 2. The number of hydrogen-bond acceptors (Lipinski definition) is 5. The van der Waals surface area contributed by atoms with Crippen molar-refractivity contribution in [1.29, 1.82) is 5.26 Å². The van der Waals surface area contributed by atoms with E-state index in [0.29, 0.717) is 17.1 Å². The highest BCUT2D eigenvalue weighted by Gasteiger charge is 2.19. The molecular weight excluding hydrogens is 210 g/mol. The van der Waals surface area contributed by atoms with E-state index in [1.54, 1.807) is 18.2 Å². The molecule has 0 bridgehead atoms. The summed E-state index contributed by atoms with van der Waals surface area (Å²) in [6.45, 7) is 1.43. The van der Waals surface area contributed by atoms with Crippen molar-refractivity contribution in [1.82, 2.24) is 0 Å². The average Bonchev–Trinajstić information content (AvgIpc) is 2.72. The van der Waals surface area contributed by atoms with Crippen molar-refractivity contribution in [3.63, 3.8) is 0 Å². The molecule has 5 heteroatoms. The van der Waals surface area contributed by atoms with E-state index in [-0.39, 0.29) is 6.79 Å². The summed E-state index contributed by atoms with van der Waals surface area (Å²) in [6, 6.07) is 6.90. The molecule has 0 aromatic heterocycles. The second-order valence-corrected chi connectivity index (χ2v) is 3.23. The summed E-state index contributed by atoms with van der Waals surface area (Å²) in [5, 5.41) is 8.88. The Morgan fingerprint density at radius 1 is 1.50 bits per heavy atom. The van der Waals surface area contributed by atoms with Gasteiger partial charge in [0.25, 0.3) is 0 Å². The van der Waals surface area contributed by atoms with E-state index in [1.807, 2.05) is 6.07 Å². The zero-order valence-electron chi connectivity index (χ0n) is 8.60.